The van der Waals surface area contributed by atoms with Crippen molar-refractivity contribution in [3.05, 3.63) is 71.3 Å². The van der Waals surface area contributed by atoms with Crippen molar-refractivity contribution in [1.29, 1.82) is 0 Å². The van der Waals surface area contributed by atoms with E-state index in [4.69, 9.17) is 5.73 Å². The van der Waals surface area contributed by atoms with E-state index in [1.165, 1.54) is 6.42 Å². The van der Waals surface area contributed by atoms with Gasteiger partial charge in [-0.3, -0.25) is 14.4 Å². The van der Waals surface area contributed by atoms with E-state index in [-0.39, 0.29) is 23.7 Å². The van der Waals surface area contributed by atoms with Gasteiger partial charge < -0.3 is 16.4 Å². The molecule has 0 bridgehead atoms. The molecule has 0 radical (unpaired) electrons. The van der Waals surface area contributed by atoms with Crippen LogP contribution < -0.4 is 16.4 Å². The highest BCUT2D eigenvalue weighted by Gasteiger charge is 2.33. The van der Waals surface area contributed by atoms with Gasteiger partial charge in [0.25, 0.3) is 0 Å². The second-order valence-electron chi connectivity index (χ2n) is 8.23. The third kappa shape index (κ3) is 5.94. The second kappa shape index (κ2) is 10.8. The summed E-state index contributed by atoms with van der Waals surface area (Å²) in [5.74, 6) is -0.855. The molecule has 0 aliphatic heterocycles. The van der Waals surface area contributed by atoms with Crippen molar-refractivity contribution in [2.75, 3.05) is 7.05 Å². The maximum Gasteiger partial charge on any atom is 0.248 e. The number of benzene rings is 2. The van der Waals surface area contributed by atoms with Gasteiger partial charge in [0.05, 0.1) is 5.92 Å². The lowest BCUT2D eigenvalue weighted by molar-refractivity contribution is -0.130. The minimum absolute atomic E-state index is 0.111. The molecule has 0 spiro atoms. The molecule has 4 N–H and O–H groups in total. The Morgan fingerprint density at radius 1 is 0.935 bits per heavy atom. The van der Waals surface area contributed by atoms with Gasteiger partial charge in [0, 0.05) is 19.0 Å². The molecule has 1 saturated carbocycles. The molecule has 1 aliphatic rings. The van der Waals surface area contributed by atoms with Gasteiger partial charge in [-0.2, -0.15) is 0 Å². The van der Waals surface area contributed by atoms with E-state index >= 15 is 0 Å². The highest BCUT2D eigenvalue weighted by molar-refractivity contribution is 5.93. The quantitative estimate of drug-likeness (QED) is 0.611. The zero-order valence-electron chi connectivity index (χ0n) is 18.0. The van der Waals surface area contributed by atoms with Gasteiger partial charge in [0.1, 0.15) is 6.04 Å². The molecule has 0 heterocycles. The molecular formula is C25H31N3O3. The number of rotatable bonds is 8. The number of hydrogen-bond acceptors (Lipinski definition) is 3. The Bertz CT molecular complexity index is 890. The van der Waals surface area contributed by atoms with E-state index in [1.807, 2.05) is 30.3 Å². The van der Waals surface area contributed by atoms with E-state index in [9.17, 15) is 14.4 Å². The fourth-order valence-electron chi connectivity index (χ4n) is 4.45. The largest absolute Gasteiger partial charge is 0.366 e. The molecule has 164 valence electrons. The van der Waals surface area contributed by atoms with Crippen LogP contribution in [0.3, 0.4) is 0 Å². The first kappa shape index (κ1) is 22.5. The number of amides is 3. The van der Waals surface area contributed by atoms with Crippen LogP contribution in [-0.2, 0) is 16.0 Å². The summed E-state index contributed by atoms with van der Waals surface area (Å²) in [7, 11) is 1.56. The number of carbonyl (C=O) groups is 3. The van der Waals surface area contributed by atoms with Crippen LogP contribution in [0.5, 0.6) is 0 Å². The fourth-order valence-corrected chi connectivity index (χ4v) is 4.45. The molecule has 2 atom stereocenters. The molecule has 1 fully saturated rings. The van der Waals surface area contributed by atoms with Crippen molar-refractivity contribution in [2.24, 2.45) is 11.7 Å². The van der Waals surface area contributed by atoms with Gasteiger partial charge in [-0.05, 0) is 42.0 Å². The Hall–Kier alpha value is -3.15. The van der Waals surface area contributed by atoms with E-state index in [1.54, 1.807) is 31.3 Å². The number of carbonyl (C=O) groups excluding carboxylic acids is 3. The number of hydrogen-bond donors (Lipinski definition) is 3. The van der Waals surface area contributed by atoms with E-state index in [0.717, 1.165) is 36.8 Å². The van der Waals surface area contributed by atoms with E-state index in [0.29, 0.717) is 12.0 Å². The molecule has 6 heteroatoms. The molecular weight excluding hydrogens is 390 g/mol. The summed E-state index contributed by atoms with van der Waals surface area (Å²) in [6, 6.07) is 15.9. The summed E-state index contributed by atoms with van der Waals surface area (Å²) < 4.78 is 0. The van der Waals surface area contributed by atoms with Crippen LogP contribution in [0.25, 0.3) is 0 Å². The first-order chi connectivity index (χ1) is 15.0. The average Bonchev–Trinajstić information content (AvgIpc) is 2.80. The number of primary amides is 1. The summed E-state index contributed by atoms with van der Waals surface area (Å²) in [4.78, 5) is 37.3. The Morgan fingerprint density at radius 3 is 2.16 bits per heavy atom. The van der Waals surface area contributed by atoms with E-state index in [2.05, 4.69) is 10.6 Å². The fraction of sp³-hybridized carbons (Fsp3) is 0.400. The zero-order chi connectivity index (χ0) is 22.2. The summed E-state index contributed by atoms with van der Waals surface area (Å²) >= 11 is 0. The van der Waals surface area contributed by atoms with Gasteiger partial charge in [0.2, 0.25) is 17.7 Å². The molecule has 2 aromatic rings. The van der Waals surface area contributed by atoms with Gasteiger partial charge in [-0.25, -0.2) is 0 Å². The normalized spacial score (nSPS) is 16.2. The molecule has 0 aromatic heterocycles. The monoisotopic (exact) mass is 421 g/mol. The van der Waals surface area contributed by atoms with Crippen LogP contribution >= 0.6 is 0 Å². The minimum atomic E-state index is -0.702. The van der Waals surface area contributed by atoms with Gasteiger partial charge >= 0.3 is 0 Å². The van der Waals surface area contributed by atoms with Crippen LogP contribution in [0, 0.1) is 5.92 Å². The summed E-state index contributed by atoms with van der Waals surface area (Å²) in [6.07, 6.45) is 5.84. The van der Waals surface area contributed by atoms with Crippen molar-refractivity contribution in [3.63, 3.8) is 0 Å². The van der Waals surface area contributed by atoms with Gasteiger partial charge in [-0.15, -0.1) is 0 Å². The maximum atomic E-state index is 13.5. The smallest absolute Gasteiger partial charge is 0.248 e. The lowest BCUT2D eigenvalue weighted by Crippen LogP contribution is -2.49. The molecule has 6 nitrogen and oxygen atoms in total. The predicted octanol–water partition coefficient (Wildman–Crippen LogP) is 2.92. The highest BCUT2D eigenvalue weighted by Crippen LogP contribution is 2.36. The van der Waals surface area contributed by atoms with Crippen LogP contribution in [0.1, 0.15) is 59.5 Å². The third-order valence-corrected chi connectivity index (χ3v) is 6.12. The molecule has 1 aliphatic carbocycles. The zero-order valence-corrected chi connectivity index (χ0v) is 18.0. The van der Waals surface area contributed by atoms with Crippen molar-refractivity contribution in [3.8, 4) is 0 Å². The summed E-state index contributed by atoms with van der Waals surface area (Å²) in [5, 5.41) is 5.66. The van der Waals surface area contributed by atoms with E-state index < -0.39 is 11.9 Å². The lowest BCUT2D eigenvalue weighted by atomic mass is 9.76. The molecule has 1 unspecified atom stereocenters. The van der Waals surface area contributed by atoms with Crippen LogP contribution in [0.15, 0.2) is 54.6 Å². The first-order valence-electron chi connectivity index (χ1n) is 10.9. The minimum Gasteiger partial charge on any atom is -0.366 e. The highest BCUT2D eigenvalue weighted by atomic mass is 16.2. The van der Waals surface area contributed by atoms with Crippen LogP contribution in [-0.4, -0.2) is 30.8 Å². The number of nitrogens with one attached hydrogen (secondary N) is 2. The number of likely N-dealkylation sites (N-methyl/N-ethyl adjacent to an activating group) is 1. The second-order valence-corrected chi connectivity index (χ2v) is 8.23. The van der Waals surface area contributed by atoms with Crippen LogP contribution in [0.4, 0.5) is 0 Å². The standard InChI is InChI=1S/C25H31N3O3/c1-27-24(30)21(16-17-12-14-20(15-13-17)23(26)29)28-25(31)22(18-8-4-2-5-9-18)19-10-6-3-7-11-19/h2,4-5,8-9,12-15,19,21-22H,3,6-7,10-11,16H2,1H3,(H2,26,29)(H,27,30)(H,28,31)/t21-,22?/m0/s1. The Labute approximate surface area is 183 Å². The predicted molar refractivity (Wildman–Crippen MR) is 120 cm³/mol. The molecule has 31 heavy (non-hydrogen) atoms. The van der Waals surface area contributed by atoms with Crippen molar-refractivity contribution in [2.45, 2.75) is 50.5 Å². The molecule has 3 amide bonds. The molecule has 0 saturated heterocycles. The van der Waals surface area contributed by atoms with Crippen molar-refractivity contribution in [1.82, 2.24) is 10.6 Å². The molecule has 3 rings (SSSR count). The first-order valence-corrected chi connectivity index (χ1v) is 10.9. The third-order valence-electron chi connectivity index (χ3n) is 6.12. The summed E-state index contributed by atoms with van der Waals surface area (Å²) in [6.45, 7) is 0. The van der Waals surface area contributed by atoms with Crippen LogP contribution in [0.2, 0.25) is 0 Å². The molecule has 2 aromatic carbocycles. The number of nitrogens with two attached hydrogens (primary N) is 1. The Balaban J connectivity index is 1.80. The van der Waals surface area contributed by atoms with Gasteiger partial charge in [-0.1, -0.05) is 61.7 Å². The Morgan fingerprint density at radius 2 is 1.58 bits per heavy atom. The van der Waals surface area contributed by atoms with Gasteiger partial charge in [0.15, 0.2) is 0 Å². The average molecular weight is 422 g/mol. The summed E-state index contributed by atoms with van der Waals surface area (Å²) in [5.41, 5.74) is 7.54. The van der Waals surface area contributed by atoms with Crippen molar-refractivity contribution >= 4 is 17.7 Å². The lowest BCUT2D eigenvalue weighted by Gasteiger charge is -2.31. The maximum absolute atomic E-state index is 13.5. The SMILES string of the molecule is CNC(=O)[C@H](Cc1ccc(C(N)=O)cc1)NC(=O)C(c1ccccc1)C1CCCCC1. The van der Waals surface area contributed by atoms with Crippen molar-refractivity contribution < 1.29 is 14.4 Å². The Kier molecular flexibility index (Phi) is 7.82. The topological polar surface area (TPSA) is 101 Å².